The molecule has 198 valence electrons. The van der Waals surface area contributed by atoms with Gasteiger partial charge in [-0.1, -0.05) is 24.2 Å². The Morgan fingerprint density at radius 2 is 1.92 bits per heavy atom. The van der Waals surface area contributed by atoms with E-state index in [9.17, 15) is 4.79 Å². The normalized spacial score (nSPS) is 25.1. The van der Waals surface area contributed by atoms with Gasteiger partial charge in [0, 0.05) is 78.8 Å². The van der Waals surface area contributed by atoms with Gasteiger partial charge < -0.3 is 19.9 Å². The molecule has 0 aliphatic carbocycles. The summed E-state index contributed by atoms with van der Waals surface area (Å²) in [6.07, 6.45) is 6.10. The molecule has 0 saturated carbocycles. The quantitative estimate of drug-likeness (QED) is 0.613. The second kappa shape index (κ2) is 9.97. The van der Waals surface area contributed by atoms with E-state index < -0.39 is 0 Å². The summed E-state index contributed by atoms with van der Waals surface area (Å²) in [4.78, 5) is 20.3. The predicted octanol–water partition coefficient (Wildman–Crippen LogP) is 4.66. The maximum Gasteiger partial charge on any atom is 0.344 e. The number of likely N-dealkylation sites (tertiary alicyclic amines) is 2. The van der Waals surface area contributed by atoms with Gasteiger partial charge in [-0.3, -0.25) is 4.90 Å². The lowest BCUT2D eigenvalue weighted by Crippen LogP contribution is -2.53. The number of hydrogen-bond donors (Lipinski definition) is 1. The van der Waals surface area contributed by atoms with Gasteiger partial charge in [0.2, 0.25) is 0 Å². The molecular weight excluding hydrogens is 488 g/mol. The average Bonchev–Trinajstić information content (AvgIpc) is 3.65. The fourth-order valence-electron chi connectivity index (χ4n) is 6.84. The summed E-state index contributed by atoms with van der Waals surface area (Å²) in [7, 11) is 0. The number of nitrogens with one attached hydrogen (secondary N) is 1. The van der Waals surface area contributed by atoms with Crippen molar-refractivity contribution in [2.24, 2.45) is 11.8 Å². The maximum absolute atomic E-state index is 13.1. The summed E-state index contributed by atoms with van der Waals surface area (Å²) < 4.78 is 7.14. The molecule has 4 saturated heterocycles. The second-order valence-corrected chi connectivity index (χ2v) is 11.7. The molecule has 4 aliphatic rings. The highest BCUT2D eigenvalue weighted by Gasteiger charge is 2.44. The summed E-state index contributed by atoms with van der Waals surface area (Å²) in [5, 5.41) is 8.25. The van der Waals surface area contributed by atoms with Crippen LogP contribution in [0.3, 0.4) is 0 Å². The minimum atomic E-state index is -0.0577. The Balaban J connectivity index is 1.13. The van der Waals surface area contributed by atoms with E-state index in [4.69, 9.17) is 16.3 Å². The second-order valence-electron chi connectivity index (χ2n) is 11.3. The number of piperidine rings is 1. The number of nitrogens with zero attached hydrogens (tertiary/aromatic N) is 5. The van der Waals surface area contributed by atoms with Gasteiger partial charge in [-0.15, -0.1) is 5.10 Å². The Kier molecular flexibility index (Phi) is 6.67. The molecule has 4 aliphatic heterocycles. The van der Waals surface area contributed by atoms with Crippen molar-refractivity contribution in [3.8, 4) is 0 Å². The molecule has 5 heterocycles. The van der Waals surface area contributed by atoms with Crippen LogP contribution < -0.4 is 10.2 Å². The molecular formula is C28H37ClN6O2. The van der Waals surface area contributed by atoms with E-state index in [1.54, 1.807) is 12.3 Å². The minimum absolute atomic E-state index is 0.0577. The minimum Gasteiger partial charge on any atom is -0.381 e. The van der Waals surface area contributed by atoms with E-state index in [-0.39, 0.29) is 11.6 Å². The molecule has 1 amide bonds. The Morgan fingerprint density at radius 3 is 2.65 bits per heavy atom. The molecule has 6 rings (SSSR count). The van der Waals surface area contributed by atoms with E-state index in [0.717, 1.165) is 76.0 Å². The molecule has 4 fully saturated rings. The number of amides is 1. The number of ether oxygens (including phenoxy) is 1. The van der Waals surface area contributed by atoms with E-state index in [1.165, 1.54) is 28.8 Å². The number of anilines is 2. The van der Waals surface area contributed by atoms with E-state index in [2.05, 4.69) is 38.9 Å². The molecule has 37 heavy (non-hydrogen) atoms. The first-order valence-corrected chi connectivity index (χ1v) is 13.9. The van der Waals surface area contributed by atoms with Crippen LogP contribution in [-0.2, 0) is 11.3 Å². The van der Waals surface area contributed by atoms with E-state index in [0.29, 0.717) is 17.7 Å². The zero-order valence-electron chi connectivity index (χ0n) is 21.7. The van der Waals surface area contributed by atoms with Crippen LogP contribution in [0.2, 0.25) is 5.02 Å². The van der Waals surface area contributed by atoms with Crippen molar-refractivity contribution in [2.45, 2.75) is 44.7 Å². The first kappa shape index (κ1) is 24.8. The first-order valence-electron chi connectivity index (χ1n) is 13.5. The van der Waals surface area contributed by atoms with Gasteiger partial charge >= 0.3 is 6.03 Å². The van der Waals surface area contributed by atoms with Gasteiger partial charge in [0.1, 0.15) is 0 Å². The van der Waals surface area contributed by atoms with Crippen LogP contribution in [0.1, 0.15) is 38.2 Å². The number of allylic oxidation sites excluding steroid dienone is 1. The van der Waals surface area contributed by atoms with Crippen molar-refractivity contribution in [2.75, 3.05) is 56.2 Å². The predicted molar refractivity (Wildman–Crippen MR) is 146 cm³/mol. The monoisotopic (exact) mass is 524 g/mol. The Bertz CT molecular complexity index is 1160. The average molecular weight is 525 g/mol. The van der Waals surface area contributed by atoms with E-state index >= 15 is 0 Å². The molecule has 1 aromatic heterocycles. The highest BCUT2D eigenvalue weighted by atomic mass is 35.5. The number of hydrogen-bond acceptors (Lipinski definition) is 6. The van der Waals surface area contributed by atoms with Crippen molar-refractivity contribution in [3.63, 3.8) is 0 Å². The number of rotatable bonds is 5. The molecule has 2 aromatic rings. The summed E-state index contributed by atoms with van der Waals surface area (Å²) >= 11 is 6.48. The lowest BCUT2D eigenvalue weighted by molar-refractivity contribution is 0.0585. The fourth-order valence-corrected chi connectivity index (χ4v) is 7.00. The van der Waals surface area contributed by atoms with Gasteiger partial charge in [0.15, 0.2) is 5.82 Å². The van der Waals surface area contributed by atoms with Crippen LogP contribution in [0.15, 0.2) is 42.7 Å². The van der Waals surface area contributed by atoms with Crippen LogP contribution >= 0.6 is 11.6 Å². The highest BCUT2D eigenvalue weighted by Crippen LogP contribution is 2.42. The Hall–Kier alpha value is -2.55. The SMILES string of the molecule is C=C(C)Nc1ccn(C(=O)N2CCC3(CCCN3Cc3ccc(Cl)cc3N3CC4COCC4C3)CC2)n1. The van der Waals surface area contributed by atoms with E-state index in [1.807, 2.05) is 17.9 Å². The molecule has 2 unspecified atom stereocenters. The number of halogens is 1. The number of aromatic nitrogens is 2. The third kappa shape index (κ3) is 4.87. The molecule has 1 N–H and O–H groups in total. The Labute approximate surface area is 224 Å². The van der Waals surface area contributed by atoms with Gasteiger partial charge in [0.05, 0.1) is 13.2 Å². The third-order valence-electron chi connectivity index (χ3n) is 8.82. The fraction of sp³-hybridized carbons (Fsp3) is 0.571. The summed E-state index contributed by atoms with van der Waals surface area (Å²) in [6, 6.07) is 8.16. The van der Waals surface area contributed by atoms with Gasteiger partial charge in [-0.25, -0.2) is 4.79 Å². The summed E-state index contributed by atoms with van der Waals surface area (Å²) in [5.41, 5.74) is 3.60. The summed E-state index contributed by atoms with van der Waals surface area (Å²) in [5.74, 6) is 1.91. The zero-order chi connectivity index (χ0) is 25.6. The smallest absolute Gasteiger partial charge is 0.344 e. The molecule has 8 nitrogen and oxygen atoms in total. The number of benzene rings is 1. The molecule has 2 atom stereocenters. The highest BCUT2D eigenvalue weighted by molar-refractivity contribution is 6.30. The largest absolute Gasteiger partial charge is 0.381 e. The van der Waals surface area contributed by atoms with Crippen molar-refractivity contribution in [1.29, 1.82) is 0 Å². The van der Waals surface area contributed by atoms with Crippen molar-refractivity contribution < 1.29 is 9.53 Å². The van der Waals surface area contributed by atoms with Gasteiger partial charge in [-0.2, -0.15) is 4.68 Å². The van der Waals surface area contributed by atoms with Crippen LogP contribution in [0.25, 0.3) is 0 Å². The first-order chi connectivity index (χ1) is 17.9. The summed E-state index contributed by atoms with van der Waals surface area (Å²) in [6.45, 7) is 13.1. The number of carbonyl (C=O) groups excluding carboxylic acids is 1. The lowest BCUT2D eigenvalue weighted by atomic mass is 9.84. The molecule has 0 bridgehead atoms. The molecule has 1 aromatic carbocycles. The third-order valence-corrected chi connectivity index (χ3v) is 9.06. The molecule has 1 spiro atoms. The van der Waals surface area contributed by atoms with Crippen LogP contribution in [0, 0.1) is 11.8 Å². The standard InChI is InChI=1S/C28H37ClN6O2/c1-20(2)30-26-6-11-35(31-26)27(36)32-12-8-28(9-13-32)7-3-10-34(28)17-21-4-5-24(29)14-25(21)33-15-22-18-37-19-23(22)16-33/h4-6,11,14,22-23H,1,3,7-10,12-13,15-19H2,2H3,(H,30,31). The van der Waals surface area contributed by atoms with Crippen molar-refractivity contribution in [3.05, 3.63) is 53.3 Å². The maximum atomic E-state index is 13.1. The number of carbonyl (C=O) groups is 1. The molecule has 0 radical (unpaired) electrons. The number of fused-ring (bicyclic) bond motifs is 1. The van der Waals surface area contributed by atoms with Crippen LogP contribution in [0.5, 0.6) is 0 Å². The van der Waals surface area contributed by atoms with Gasteiger partial charge in [0.25, 0.3) is 0 Å². The topological polar surface area (TPSA) is 65.9 Å². The molecule has 9 heteroatoms. The van der Waals surface area contributed by atoms with Gasteiger partial charge in [-0.05, 0) is 56.8 Å². The zero-order valence-corrected chi connectivity index (χ0v) is 22.4. The van der Waals surface area contributed by atoms with Crippen LogP contribution in [0.4, 0.5) is 16.3 Å². The van der Waals surface area contributed by atoms with Crippen molar-refractivity contribution in [1.82, 2.24) is 19.6 Å². The lowest BCUT2D eigenvalue weighted by Gasteiger charge is -2.45. The Morgan fingerprint density at radius 1 is 1.16 bits per heavy atom. The van der Waals surface area contributed by atoms with Crippen LogP contribution in [-0.4, -0.2) is 77.1 Å². The van der Waals surface area contributed by atoms with Crippen molar-refractivity contribution >= 4 is 29.1 Å².